The van der Waals surface area contributed by atoms with Crippen molar-refractivity contribution in [1.82, 2.24) is 9.97 Å². The summed E-state index contributed by atoms with van der Waals surface area (Å²) in [6.45, 7) is 2.43. The van der Waals surface area contributed by atoms with Crippen LogP contribution in [-0.2, 0) is 0 Å². The minimum absolute atomic E-state index is 0.328. The summed E-state index contributed by atoms with van der Waals surface area (Å²) in [6.07, 6.45) is 1.53. The van der Waals surface area contributed by atoms with Crippen LogP contribution < -0.4 is 4.74 Å². The molecule has 0 unspecified atom stereocenters. The molecule has 11 heavy (non-hydrogen) atoms. The zero-order valence-electron chi connectivity index (χ0n) is 5.84. The normalized spacial score (nSPS) is 9.73. The molecular formula is C6H6BrClN2O. The van der Waals surface area contributed by atoms with Crippen LogP contribution >= 0.6 is 27.5 Å². The van der Waals surface area contributed by atoms with Gasteiger partial charge in [0, 0.05) is 0 Å². The Balaban J connectivity index is 2.90. The lowest BCUT2D eigenvalue weighted by Gasteiger charge is -2.02. The molecule has 60 valence electrons. The van der Waals surface area contributed by atoms with Crippen LogP contribution in [0.1, 0.15) is 6.92 Å². The number of nitrogens with zero attached hydrogens (tertiary/aromatic N) is 2. The first-order valence-corrected chi connectivity index (χ1v) is 4.22. The van der Waals surface area contributed by atoms with Crippen LogP contribution in [0.15, 0.2) is 10.9 Å². The summed E-state index contributed by atoms with van der Waals surface area (Å²) in [4.78, 5) is 7.69. The molecule has 0 N–H and O–H groups in total. The highest BCUT2D eigenvalue weighted by atomic mass is 79.9. The van der Waals surface area contributed by atoms with E-state index in [1.807, 2.05) is 6.92 Å². The first-order chi connectivity index (χ1) is 5.24. The summed E-state index contributed by atoms with van der Waals surface area (Å²) in [6, 6.07) is 0. The fourth-order valence-electron chi connectivity index (χ4n) is 0.582. The molecule has 0 amide bonds. The highest BCUT2D eigenvalue weighted by Gasteiger charge is 2.02. The maximum absolute atomic E-state index is 5.70. The zero-order chi connectivity index (χ0) is 8.27. The summed E-state index contributed by atoms with van der Waals surface area (Å²) in [7, 11) is 0. The Hall–Kier alpha value is -0.350. The average molecular weight is 237 g/mol. The molecule has 3 nitrogen and oxygen atoms in total. The fourth-order valence-corrected chi connectivity index (χ4v) is 1.15. The maximum Gasteiger partial charge on any atom is 0.198 e. The van der Waals surface area contributed by atoms with Gasteiger partial charge in [-0.05, 0) is 22.9 Å². The summed E-state index contributed by atoms with van der Waals surface area (Å²) in [5.41, 5.74) is 0. The van der Waals surface area contributed by atoms with Gasteiger partial charge in [-0.25, -0.2) is 9.97 Å². The molecule has 1 rings (SSSR count). The third-order valence-corrected chi connectivity index (χ3v) is 1.63. The van der Waals surface area contributed by atoms with Crippen LogP contribution in [0.5, 0.6) is 5.75 Å². The van der Waals surface area contributed by atoms with Crippen molar-refractivity contribution in [3.8, 4) is 5.75 Å². The Morgan fingerprint density at radius 1 is 1.73 bits per heavy atom. The Kier molecular flexibility index (Phi) is 3.08. The molecule has 0 bridgehead atoms. The highest BCUT2D eigenvalue weighted by molar-refractivity contribution is 9.10. The van der Waals surface area contributed by atoms with Crippen LogP contribution in [0.3, 0.4) is 0 Å². The van der Waals surface area contributed by atoms with Crippen LogP contribution in [0.2, 0.25) is 5.15 Å². The summed E-state index contributed by atoms with van der Waals surface area (Å²) in [5, 5.41) is 0.328. The largest absolute Gasteiger partial charge is 0.489 e. The van der Waals surface area contributed by atoms with E-state index in [1.165, 1.54) is 6.20 Å². The lowest BCUT2D eigenvalue weighted by atomic mass is 10.6. The molecule has 0 saturated heterocycles. The Bertz CT molecular complexity index is 256. The van der Waals surface area contributed by atoms with E-state index in [4.69, 9.17) is 16.3 Å². The van der Waals surface area contributed by atoms with Gasteiger partial charge in [0.15, 0.2) is 15.6 Å². The Morgan fingerprint density at radius 3 is 3.00 bits per heavy atom. The minimum atomic E-state index is 0.328. The van der Waals surface area contributed by atoms with E-state index < -0.39 is 0 Å². The van der Waals surface area contributed by atoms with Gasteiger partial charge < -0.3 is 4.74 Å². The van der Waals surface area contributed by atoms with Crippen LogP contribution in [0, 0.1) is 0 Å². The van der Waals surface area contributed by atoms with E-state index >= 15 is 0 Å². The van der Waals surface area contributed by atoms with Gasteiger partial charge >= 0.3 is 0 Å². The lowest BCUT2D eigenvalue weighted by molar-refractivity contribution is 0.337. The van der Waals surface area contributed by atoms with Crippen molar-refractivity contribution in [3.63, 3.8) is 0 Å². The molecule has 0 fully saturated rings. The third-order valence-electron chi connectivity index (χ3n) is 0.982. The number of hydrogen-bond acceptors (Lipinski definition) is 3. The number of hydrogen-bond donors (Lipinski definition) is 0. The quantitative estimate of drug-likeness (QED) is 0.585. The van der Waals surface area contributed by atoms with E-state index in [0.29, 0.717) is 22.2 Å². The highest BCUT2D eigenvalue weighted by Crippen LogP contribution is 2.21. The molecule has 0 aliphatic carbocycles. The van der Waals surface area contributed by atoms with Crippen LogP contribution in [-0.4, -0.2) is 16.6 Å². The molecule has 0 aromatic carbocycles. The molecule has 1 heterocycles. The predicted octanol–water partition coefficient (Wildman–Crippen LogP) is 2.29. The standard InChI is InChI=1S/C6H6BrClN2O/c1-2-11-4-3-9-6(7)10-5(4)8/h3H,2H2,1H3. The fraction of sp³-hybridized carbons (Fsp3) is 0.333. The second-order valence-electron chi connectivity index (χ2n) is 1.73. The average Bonchev–Trinajstić information content (AvgIpc) is 1.95. The number of halogens is 2. The Labute approximate surface area is 77.9 Å². The summed E-state index contributed by atoms with van der Waals surface area (Å²) >= 11 is 8.79. The van der Waals surface area contributed by atoms with E-state index in [2.05, 4.69) is 25.9 Å². The van der Waals surface area contributed by atoms with Crippen molar-refractivity contribution in [2.75, 3.05) is 6.61 Å². The van der Waals surface area contributed by atoms with Crippen molar-refractivity contribution in [2.45, 2.75) is 6.92 Å². The van der Waals surface area contributed by atoms with Crippen molar-refractivity contribution < 1.29 is 4.74 Å². The van der Waals surface area contributed by atoms with E-state index in [-0.39, 0.29) is 0 Å². The van der Waals surface area contributed by atoms with Gasteiger partial charge in [0.05, 0.1) is 12.8 Å². The van der Waals surface area contributed by atoms with Gasteiger partial charge in [-0.15, -0.1) is 0 Å². The SMILES string of the molecule is CCOc1cnc(Br)nc1Cl. The molecule has 1 aromatic heterocycles. The summed E-state index contributed by atoms with van der Waals surface area (Å²) in [5.74, 6) is 0.511. The second kappa shape index (κ2) is 3.88. The van der Waals surface area contributed by atoms with E-state index in [9.17, 15) is 0 Å². The minimum Gasteiger partial charge on any atom is -0.489 e. The zero-order valence-corrected chi connectivity index (χ0v) is 8.18. The Morgan fingerprint density at radius 2 is 2.45 bits per heavy atom. The van der Waals surface area contributed by atoms with Crippen molar-refractivity contribution in [3.05, 3.63) is 16.1 Å². The first-order valence-electron chi connectivity index (χ1n) is 3.05. The molecule has 0 atom stereocenters. The third kappa shape index (κ3) is 2.31. The van der Waals surface area contributed by atoms with Crippen LogP contribution in [0.4, 0.5) is 0 Å². The maximum atomic E-state index is 5.70. The molecule has 0 aliphatic rings. The van der Waals surface area contributed by atoms with E-state index in [1.54, 1.807) is 0 Å². The number of ether oxygens (including phenoxy) is 1. The van der Waals surface area contributed by atoms with Crippen LogP contribution in [0.25, 0.3) is 0 Å². The van der Waals surface area contributed by atoms with Crippen molar-refractivity contribution in [1.29, 1.82) is 0 Å². The lowest BCUT2D eigenvalue weighted by Crippen LogP contribution is -1.94. The molecule has 0 spiro atoms. The topological polar surface area (TPSA) is 35.0 Å². The molecule has 0 saturated carbocycles. The number of rotatable bonds is 2. The van der Waals surface area contributed by atoms with Crippen molar-refractivity contribution in [2.24, 2.45) is 0 Å². The van der Waals surface area contributed by atoms with Gasteiger partial charge in [-0.3, -0.25) is 0 Å². The molecular weight excluding hydrogens is 231 g/mol. The summed E-state index contributed by atoms with van der Waals surface area (Å²) < 4.78 is 5.58. The molecule has 1 aromatic rings. The molecule has 0 aliphatic heterocycles. The number of aromatic nitrogens is 2. The van der Waals surface area contributed by atoms with E-state index in [0.717, 1.165) is 0 Å². The predicted molar refractivity (Wildman–Crippen MR) is 45.9 cm³/mol. The first kappa shape index (κ1) is 8.74. The second-order valence-corrected chi connectivity index (χ2v) is 2.79. The van der Waals surface area contributed by atoms with Gasteiger partial charge in [-0.2, -0.15) is 0 Å². The van der Waals surface area contributed by atoms with Gasteiger partial charge in [0.25, 0.3) is 0 Å². The molecule has 0 radical (unpaired) electrons. The van der Waals surface area contributed by atoms with Crippen molar-refractivity contribution >= 4 is 27.5 Å². The van der Waals surface area contributed by atoms with Gasteiger partial charge in [0.1, 0.15) is 0 Å². The smallest absolute Gasteiger partial charge is 0.198 e. The van der Waals surface area contributed by atoms with Gasteiger partial charge in [-0.1, -0.05) is 11.6 Å². The van der Waals surface area contributed by atoms with Gasteiger partial charge in [0.2, 0.25) is 0 Å². The molecule has 5 heteroatoms. The monoisotopic (exact) mass is 236 g/mol.